The zero-order chi connectivity index (χ0) is 16.9. The van der Waals surface area contributed by atoms with Crippen LogP contribution in [0.2, 0.25) is 5.02 Å². The van der Waals surface area contributed by atoms with Crippen LogP contribution in [0.5, 0.6) is 0 Å². The van der Waals surface area contributed by atoms with Gasteiger partial charge >= 0.3 is 0 Å². The fourth-order valence-corrected chi connectivity index (χ4v) is 3.01. The number of halogens is 2. The van der Waals surface area contributed by atoms with Gasteiger partial charge in [-0.05, 0) is 46.3 Å². The van der Waals surface area contributed by atoms with Gasteiger partial charge in [0.1, 0.15) is 5.82 Å². The van der Waals surface area contributed by atoms with Crippen molar-refractivity contribution in [3.63, 3.8) is 0 Å². The normalized spacial score (nSPS) is 10.6. The molecule has 4 nitrogen and oxygen atoms in total. The largest absolute Gasteiger partial charge is 0.368 e. The molecule has 6 heteroatoms. The number of rotatable bonds is 5. The summed E-state index contributed by atoms with van der Waals surface area (Å²) in [5.74, 6) is 0.581. The van der Waals surface area contributed by atoms with Gasteiger partial charge in [-0.1, -0.05) is 35.9 Å². The third kappa shape index (κ3) is 3.86. The minimum absolute atomic E-state index is 0.184. The molecular weight excluding hydrogens is 390 g/mol. The number of hydrogen-bond acceptors (Lipinski definition) is 3. The van der Waals surface area contributed by atoms with Gasteiger partial charge in [-0.15, -0.1) is 0 Å². The maximum atomic E-state index is 12.1. The minimum atomic E-state index is -0.184. The molecule has 1 aromatic heterocycles. The highest BCUT2D eigenvalue weighted by atomic mass is 79.9. The van der Waals surface area contributed by atoms with Crippen molar-refractivity contribution in [3.05, 3.63) is 69.7 Å². The summed E-state index contributed by atoms with van der Waals surface area (Å²) in [6.45, 7) is 1.04. The molecular formula is C18H15BrClN3O. The Morgan fingerprint density at radius 2 is 1.88 bits per heavy atom. The minimum Gasteiger partial charge on any atom is -0.368 e. The average Bonchev–Trinajstić information content (AvgIpc) is 2.59. The second-order valence-corrected chi connectivity index (χ2v) is 6.43. The molecule has 2 aromatic carbocycles. The maximum Gasteiger partial charge on any atom is 0.252 e. The first-order valence-corrected chi connectivity index (χ1v) is 8.64. The third-order valence-electron chi connectivity index (χ3n) is 3.51. The van der Waals surface area contributed by atoms with Gasteiger partial charge in [-0.2, -0.15) is 0 Å². The first-order chi connectivity index (χ1) is 11.6. The molecule has 0 aliphatic heterocycles. The summed E-state index contributed by atoms with van der Waals surface area (Å²) in [7, 11) is 0. The van der Waals surface area contributed by atoms with Crippen LogP contribution in [0.25, 0.3) is 10.9 Å². The summed E-state index contributed by atoms with van der Waals surface area (Å²) in [6, 6.07) is 16.9. The standard InChI is InChI=1S/C18H15BrClN3O/c19-14-6-3-4-12-8-9-16(23-17(12)14)21-10-11-22-18(24)13-5-1-2-7-15(13)20/h1-9H,10-11H2,(H,21,23)(H,22,24). The van der Waals surface area contributed by atoms with Crippen molar-refractivity contribution >= 4 is 50.2 Å². The van der Waals surface area contributed by atoms with E-state index in [0.717, 1.165) is 21.2 Å². The van der Waals surface area contributed by atoms with Crippen LogP contribution in [0.15, 0.2) is 59.1 Å². The van der Waals surface area contributed by atoms with Crippen molar-refractivity contribution in [1.82, 2.24) is 10.3 Å². The van der Waals surface area contributed by atoms with Gasteiger partial charge < -0.3 is 10.6 Å². The predicted molar refractivity (Wildman–Crippen MR) is 102 cm³/mol. The lowest BCUT2D eigenvalue weighted by molar-refractivity contribution is 0.0955. The van der Waals surface area contributed by atoms with Crippen molar-refractivity contribution in [2.24, 2.45) is 0 Å². The highest BCUT2D eigenvalue weighted by Gasteiger charge is 2.08. The first-order valence-electron chi connectivity index (χ1n) is 7.47. The summed E-state index contributed by atoms with van der Waals surface area (Å²) in [5.41, 5.74) is 1.38. The van der Waals surface area contributed by atoms with Crippen LogP contribution in [-0.4, -0.2) is 24.0 Å². The van der Waals surface area contributed by atoms with Gasteiger partial charge in [-0.25, -0.2) is 4.98 Å². The van der Waals surface area contributed by atoms with Crippen LogP contribution in [0.3, 0.4) is 0 Å². The number of carbonyl (C=O) groups excluding carboxylic acids is 1. The molecule has 0 aliphatic rings. The maximum absolute atomic E-state index is 12.1. The fourth-order valence-electron chi connectivity index (χ4n) is 2.32. The van der Waals surface area contributed by atoms with E-state index in [1.165, 1.54) is 0 Å². The van der Waals surface area contributed by atoms with Gasteiger partial charge in [0.15, 0.2) is 0 Å². The number of nitrogens with zero attached hydrogens (tertiary/aromatic N) is 1. The Labute approximate surface area is 153 Å². The van der Waals surface area contributed by atoms with E-state index < -0.39 is 0 Å². The number of aromatic nitrogens is 1. The molecule has 1 amide bonds. The van der Waals surface area contributed by atoms with Crippen LogP contribution in [0.1, 0.15) is 10.4 Å². The Bertz CT molecular complexity index is 885. The molecule has 0 unspecified atom stereocenters. The average molecular weight is 405 g/mol. The fraction of sp³-hybridized carbons (Fsp3) is 0.111. The number of nitrogens with one attached hydrogen (secondary N) is 2. The van der Waals surface area contributed by atoms with Crippen molar-refractivity contribution in [1.29, 1.82) is 0 Å². The van der Waals surface area contributed by atoms with Crippen molar-refractivity contribution < 1.29 is 4.79 Å². The Morgan fingerprint density at radius 1 is 1.04 bits per heavy atom. The third-order valence-corrected chi connectivity index (χ3v) is 4.48. The SMILES string of the molecule is O=C(NCCNc1ccc2cccc(Br)c2n1)c1ccccc1Cl. The molecule has 0 saturated carbocycles. The quantitative estimate of drug-likeness (QED) is 0.616. The molecule has 1 heterocycles. The predicted octanol–water partition coefficient (Wildman–Crippen LogP) is 4.49. The van der Waals surface area contributed by atoms with E-state index in [9.17, 15) is 4.79 Å². The second-order valence-electron chi connectivity index (χ2n) is 5.17. The van der Waals surface area contributed by atoms with Crippen LogP contribution in [0, 0.1) is 0 Å². The van der Waals surface area contributed by atoms with E-state index in [1.54, 1.807) is 24.3 Å². The zero-order valence-electron chi connectivity index (χ0n) is 12.7. The molecule has 0 bridgehead atoms. The lowest BCUT2D eigenvalue weighted by Crippen LogP contribution is -2.29. The van der Waals surface area contributed by atoms with E-state index in [1.807, 2.05) is 30.3 Å². The van der Waals surface area contributed by atoms with Crippen molar-refractivity contribution in [2.45, 2.75) is 0 Å². The summed E-state index contributed by atoms with van der Waals surface area (Å²) < 4.78 is 0.954. The van der Waals surface area contributed by atoms with Gasteiger partial charge in [0, 0.05) is 22.9 Å². The Kier molecular flexibility index (Phi) is 5.33. The number of hydrogen-bond donors (Lipinski definition) is 2. The van der Waals surface area contributed by atoms with E-state index >= 15 is 0 Å². The summed E-state index contributed by atoms with van der Waals surface area (Å²) in [4.78, 5) is 16.6. The molecule has 0 fully saturated rings. The Hall–Kier alpha value is -2.11. The smallest absolute Gasteiger partial charge is 0.252 e. The van der Waals surface area contributed by atoms with E-state index in [4.69, 9.17) is 11.6 Å². The molecule has 0 saturated heterocycles. The molecule has 0 aliphatic carbocycles. The number of pyridine rings is 1. The highest BCUT2D eigenvalue weighted by Crippen LogP contribution is 2.23. The van der Waals surface area contributed by atoms with Gasteiger partial charge in [-0.3, -0.25) is 4.79 Å². The summed E-state index contributed by atoms with van der Waals surface area (Å²) in [6.07, 6.45) is 0. The zero-order valence-corrected chi connectivity index (χ0v) is 15.1. The van der Waals surface area contributed by atoms with Crippen LogP contribution >= 0.6 is 27.5 Å². The van der Waals surface area contributed by atoms with Crippen LogP contribution in [0.4, 0.5) is 5.82 Å². The highest BCUT2D eigenvalue weighted by molar-refractivity contribution is 9.10. The molecule has 2 N–H and O–H groups in total. The number of fused-ring (bicyclic) bond motifs is 1. The first kappa shape index (κ1) is 16.7. The van der Waals surface area contributed by atoms with Gasteiger partial charge in [0.05, 0.1) is 16.1 Å². The number of anilines is 1. The van der Waals surface area contributed by atoms with E-state index in [2.05, 4.69) is 31.5 Å². The molecule has 0 spiro atoms. The second kappa shape index (κ2) is 7.64. The van der Waals surface area contributed by atoms with Crippen LogP contribution < -0.4 is 10.6 Å². The lowest BCUT2D eigenvalue weighted by Gasteiger charge is -2.09. The Morgan fingerprint density at radius 3 is 2.71 bits per heavy atom. The van der Waals surface area contributed by atoms with Crippen molar-refractivity contribution in [2.75, 3.05) is 18.4 Å². The monoisotopic (exact) mass is 403 g/mol. The van der Waals surface area contributed by atoms with Crippen molar-refractivity contribution in [3.8, 4) is 0 Å². The molecule has 0 atom stereocenters. The molecule has 122 valence electrons. The number of amides is 1. The van der Waals surface area contributed by atoms with E-state index in [-0.39, 0.29) is 5.91 Å². The number of benzene rings is 2. The number of carbonyl (C=O) groups is 1. The molecule has 0 radical (unpaired) electrons. The molecule has 3 rings (SSSR count). The van der Waals surface area contributed by atoms with E-state index in [0.29, 0.717) is 23.7 Å². The van der Waals surface area contributed by atoms with Gasteiger partial charge in [0.25, 0.3) is 5.91 Å². The number of para-hydroxylation sites is 1. The molecule has 3 aromatic rings. The van der Waals surface area contributed by atoms with Crippen LogP contribution in [-0.2, 0) is 0 Å². The lowest BCUT2D eigenvalue weighted by atomic mass is 10.2. The summed E-state index contributed by atoms with van der Waals surface area (Å²) in [5, 5.41) is 7.56. The Balaban J connectivity index is 1.56. The topological polar surface area (TPSA) is 54.0 Å². The van der Waals surface area contributed by atoms with Gasteiger partial charge in [0.2, 0.25) is 0 Å². The molecule has 24 heavy (non-hydrogen) atoms. The summed E-state index contributed by atoms with van der Waals surface area (Å²) >= 11 is 9.51.